The molecule has 2 aromatic carbocycles. The van der Waals surface area contributed by atoms with Gasteiger partial charge in [-0.25, -0.2) is 8.42 Å². The van der Waals surface area contributed by atoms with Gasteiger partial charge in [0, 0.05) is 35.4 Å². The van der Waals surface area contributed by atoms with Crippen LogP contribution < -0.4 is 0 Å². The van der Waals surface area contributed by atoms with Crippen molar-refractivity contribution in [3.8, 4) is 0 Å². The topological polar surface area (TPSA) is 67.3 Å². The first kappa shape index (κ1) is 21.5. The molecule has 0 aliphatic carbocycles. The Morgan fingerprint density at radius 3 is 2.24 bits per heavy atom. The molecule has 0 aliphatic rings. The van der Waals surface area contributed by atoms with Gasteiger partial charge in [-0.05, 0) is 53.6 Å². The van der Waals surface area contributed by atoms with Crippen LogP contribution in [0.1, 0.15) is 11.1 Å². The van der Waals surface area contributed by atoms with Gasteiger partial charge in [-0.15, -0.1) is 0 Å². The molecule has 0 atom stereocenters. The largest absolute Gasteiger partial charge is 0.298 e. The van der Waals surface area contributed by atoms with Crippen molar-refractivity contribution in [3.05, 3.63) is 94.2 Å². The highest BCUT2D eigenvalue weighted by molar-refractivity contribution is 7.89. The highest BCUT2D eigenvalue weighted by Crippen LogP contribution is 2.23. The molecule has 0 saturated heterocycles. The van der Waals surface area contributed by atoms with E-state index >= 15 is 0 Å². The molecule has 0 aliphatic heterocycles. The van der Waals surface area contributed by atoms with E-state index in [0.29, 0.717) is 15.6 Å². The van der Waals surface area contributed by atoms with Crippen LogP contribution >= 0.6 is 23.2 Å². The van der Waals surface area contributed by atoms with Crippen molar-refractivity contribution < 1.29 is 13.2 Å². The fraction of sp³-hybridized carbons (Fsp3) is 0.143. The summed E-state index contributed by atoms with van der Waals surface area (Å²) in [6.45, 7) is -0.300. The molecule has 0 bridgehead atoms. The number of nitrogens with zero attached hydrogens (tertiary/aromatic N) is 2. The molecule has 5 nitrogen and oxygen atoms in total. The molecular weight excluding hydrogens is 431 g/mol. The third kappa shape index (κ3) is 5.64. The molecule has 150 valence electrons. The van der Waals surface area contributed by atoms with Gasteiger partial charge in [0.15, 0.2) is 5.78 Å². The van der Waals surface area contributed by atoms with Crippen LogP contribution in [0.25, 0.3) is 0 Å². The Bertz CT molecular complexity index is 1090. The first-order valence-electron chi connectivity index (χ1n) is 8.76. The molecule has 0 N–H and O–H groups in total. The van der Waals surface area contributed by atoms with E-state index in [1.165, 1.54) is 24.3 Å². The van der Waals surface area contributed by atoms with Crippen molar-refractivity contribution in [1.29, 1.82) is 0 Å². The summed E-state index contributed by atoms with van der Waals surface area (Å²) >= 11 is 12.1. The minimum absolute atomic E-state index is 0.0211. The smallest absolute Gasteiger partial charge is 0.243 e. The van der Waals surface area contributed by atoms with Crippen molar-refractivity contribution >= 4 is 39.0 Å². The normalized spacial score (nSPS) is 11.6. The number of hydrogen-bond acceptors (Lipinski definition) is 4. The van der Waals surface area contributed by atoms with E-state index in [4.69, 9.17) is 23.2 Å². The molecule has 1 heterocycles. The predicted octanol–water partition coefficient (Wildman–Crippen LogP) is 4.39. The molecule has 0 amide bonds. The number of hydrogen-bond donors (Lipinski definition) is 0. The molecular formula is C21H18Cl2N2O3S. The number of pyridine rings is 1. The molecule has 0 unspecified atom stereocenters. The molecule has 1 aromatic heterocycles. The quantitative estimate of drug-likeness (QED) is 0.512. The van der Waals surface area contributed by atoms with E-state index in [2.05, 4.69) is 4.98 Å². The molecule has 0 spiro atoms. The van der Waals surface area contributed by atoms with Gasteiger partial charge in [0.05, 0.1) is 11.4 Å². The Balaban J connectivity index is 1.89. The second-order valence-electron chi connectivity index (χ2n) is 6.39. The monoisotopic (exact) mass is 448 g/mol. The van der Waals surface area contributed by atoms with Crippen LogP contribution in [0, 0.1) is 0 Å². The molecule has 29 heavy (non-hydrogen) atoms. The maximum atomic E-state index is 13.2. The third-order valence-electron chi connectivity index (χ3n) is 4.26. The van der Waals surface area contributed by atoms with Crippen LogP contribution in [0.5, 0.6) is 0 Å². The summed E-state index contributed by atoms with van der Waals surface area (Å²) in [4.78, 5) is 16.6. The van der Waals surface area contributed by atoms with Gasteiger partial charge in [0.2, 0.25) is 10.0 Å². The van der Waals surface area contributed by atoms with Gasteiger partial charge in [-0.3, -0.25) is 9.78 Å². The van der Waals surface area contributed by atoms with Gasteiger partial charge in [0.1, 0.15) is 0 Å². The fourth-order valence-electron chi connectivity index (χ4n) is 2.78. The van der Waals surface area contributed by atoms with Gasteiger partial charge >= 0.3 is 0 Å². The summed E-state index contributed by atoms with van der Waals surface area (Å²) in [7, 11) is -3.94. The van der Waals surface area contributed by atoms with Gasteiger partial charge in [0.25, 0.3) is 0 Å². The fourth-order valence-corrected chi connectivity index (χ4v) is 4.50. The van der Waals surface area contributed by atoms with Crippen LogP contribution in [0.2, 0.25) is 10.0 Å². The third-order valence-corrected chi connectivity index (χ3v) is 6.69. The van der Waals surface area contributed by atoms with Crippen LogP contribution in [-0.2, 0) is 27.8 Å². The summed E-state index contributed by atoms with van der Waals surface area (Å²) in [6, 6.07) is 16.2. The van der Waals surface area contributed by atoms with E-state index in [-0.39, 0.29) is 30.2 Å². The Hall–Kier alpha value is -2.25. The zero-order chi connectivity index (χ0) is 20.9. The predicted molar refractivity (Wildman–Crippen MR) is 113 cm³/mol. The van der Waals surface area contributed by atoms with E-state index < -0.39 is 10.0 Å². The number of halogens is 2. The highest BCUT2D eigenvalue weighted by atomic mass is 35.5. The summed E-state index contributed by atoms with van der Waals surface area (Å²) in [6.07, 6.45) is 3.29. The Morgan fingerprint density at radius 2 is 1.59 bits per heavy atom. The van der Waals surface area contributed by atoms with Crippen molar-refractivity contribution in [2.24, 2.45) is 0 Å². The second kappa shape index (κ2) is 9.50. The first-order chi connectivity index (χ1) is 13.9. The summed E-state index contributed by atoms with van der Waals surface area (Å²) < 4.78 is 27.6. The number of ketones is 1. The van der Waals surface area contributed by atoms with Gasteiger partial charge in [-0.2, -0.15) is 4.31 Å². The van der Waals surface area contributed by atoms with E-state index in [1.807, 2.05) is 0 Å². The number of benzene rings is 2. The van der Waals surface area contributed by atoms with Gasteiger partial charge < -0.3 is 0 Å². The average Bonchev–Trinajstić information content (AvgIpc) is 2.70. The SMILES string of the molecule is O=C(Cc1ccncc1)CN(Cc1ccccc1Cl)S(=O)(=O)c1ccc(Cl)cc1. The lowest BCUT2D eigenvalue weighted by atomic mass is 10.1. The van der Waals surface area contributed by atoms with Crippen molar-refractivity contribution in [2.45, 2.75) is 17.9 Å². The minimum atomic E-state index is -3.94. The molecule has 0 fully saturated rings. The average molecular weight is 449 g/mol. The lowest BCUT2D eigenvalue weighted by Crippen LogP contribution is -2.36. The molecule has 3 aromatic rings. The molecule has 3 rings (SSSR count). The number of Topliss-reactive ketones (excluding diaryl/α,β-unsaturated/α-hetero) is 1. The molecule has 0 radical (unpaired) electrons. The number of carbonyl (C=O) groups excluding carboxylic acids is 1. The number of sulfonamides is 1. The Kier molecular flexibility index (Phi) is 7.03. The summed E-state index contributed by atoms with van der Waals surface area (Å²) in [5.74, 6) is -0.235. The van der Waals surface area contributed by atoms with Crippen LogP contribution in [0.15, 0.2) is 78.0 Å². The lowest BCUT2D eigenvalue weighted by Gasteiger charge is -2.22. The maximum Gasteiger partial charge on any atom is 0.243 e. The Labute approximate surface area is 180 Å². The molecule has 8 heteroatoms. The van der Waals surface area contributed by atoms with Crippen molar-refractivity contribution in [2.75, 3.05) is 6.54 Å². The van der Waals surface area contributed by atoms with Crippen molar-refractivity contribution in [3.63, 3.8) is 0 Å². The summed E-state index contributed by atoms with van der Waals surface area (Å²) in [5.41, 5.74) is 1.38. The zero-order valence-electron chi connectivity index (χ0n) is 15.3. The van der Waals surface area contributed by atoms with E-state index in [0.717, 1.165) is 9.87 Å². The standard InChI is InChI=1S/C21H18Cl2N2O3S/c22-18-5-7-20(8-6-18)29(27,28)25(14-17-3-1-2-4-21(17)23)15-19(26)13-16-9-11-24-12-10-16/h1-12H,13-15H2. The second-order valence-corrected chi connectivity index (χ2v) is 9.17. The Morgan fingerprint density at radius 1 is 0.931 bits per heavy atom. The number of aromatic nitrogens is 1. The van der Waals surface area contributed by atoms with E-state index in [9.17, 15) is 13.2 Å². The minimum Gasteiger partial charge on any atom is -0.298 e. The van der Waals surface area contributed by atoms with Crippen LogP contribution in [0.3, 0.4) is 0 Å². The van der Waals surface area contributed by atoms with Gasteiger partial charge in [-0.1, -0.05) is 41.4 Å². The van der Waals surface area contributed by atoms with Crippen LogP contribution in [-0.4, -0.2) is 30.0 Å². The lowest BCUT2D eigenvalue weighted by molar-refractivity contribution is -0.118. The summed E-state index contributed by atoms with van der Waals surface area (Å²) in [5, 5.41) is 0.862. The number of carbonyl (C=O) groups is 1. The first-order valence-corrected chi connectivity index (χ1v) is 11.0. The van der Waals surface area contributed by atoms with Crippen molar-refractivity contribution in [1.82, 2.24) is 9.29 Å². The highest BCUT2D eigenvalue weighted by Gasteiger charge is 2.27. The van der Waals surface area contributed by atoms with Crippen LogP contribution in [0.4, 0.5) is 0 Å². The molecule has 0 saturated carbocycles. The van der Waals surface area contributed by atoms with E-state index in [1.54, 1.807) is 48.8 Å². The zero-order valence-corrected chi connectivity index (χ0v) is 17.7. The number of rotatable bonds is 8. The maximum absolute atomic E-state index is 13.2.